The summed E-state index contributed by atoms with van der Waals surface area (Å²) >= 11 is 0. The molecule has 1 spiro atoms. The second kappa shape index (κ2) is 5.23. The van der Waals surface area contributed by atoms with E-state index in [1.807, 2.05) is 0 Å². The smallest absolute Gasteiger partial charge is 0.172 e. The first-order valence-electron chi connectivity index (χ1n) is 10.5. The zero-order valence-corrected chi connectivity index (χ0v) is 16.5. The Morgan fingerprint density at radius 2 is 1.72 bits per heavy atom. The van der Waals surface area contributed by atoms with Crippen molar-refractivity contribution in [2.24, 2.45) is 28.6 Å². The summed E-state index contributed by atoms with van der Waals surface area (Å²) in [4.78, 5) is 0. The second-order valence-corrected chi connectivity index (χ2v) is 10.1. The summed E-state index contributed by atoms with van der Waals surface area (Å²) in [6.07, 6.45) is 11.3. The Morgan fingerprint density at radius 1 is 0.960 bits per heavy atom. The number of ether oxygens (including phenoxy) is 2. The minimum absolute atomic E-state index is 0.280. The molecule has 25 heavy (non-hydrogen) atoms. The van der Waals surface area contributed by atoms with Gasteiger partial charge in [0.1, 0.15) is 0 Å². The zero-order chi connectivity index (χ0) is 17.4. The lowest BCUT2D eigenvalue weighted by atomic mass is 9.46. The molecule has 1 aliphatic heterocycles. The van der Waals surface area contributed by atoms with Crippen LogP contribution in [0.25, 0.3) is 0 Å². The molecule has 5 atom stereocenters. The van der Waals surface area contributed by atoms with E-state index < -0.39 is 0 Å². The highest BCUT2D eigenvalue weighted by Gasteiger charge is 2.59. The number of hydrogen-bond donors (Lipinski definition) is 0. The Kier molecular flexibility index (Phi) is 3.46. The van der Waals surface area contributed by atoms with Crippen LogP contribution in [0.3, 0.4) is 0 Å². The van der Waals surface area contributed by atoms with E-state index in [4.69, 9.17) is 9.47 Å². The third-order valence-corrected chi connectivity index (χ3v) is 9.26. The van der Waals surface area contributed by atoms with Gasteiger partial charge < -0.3 is 9.47 Å². The molecule has 0 aromatic rings. The average molecular weight is 343 g/mol. The third-order valence-electron chi connectivity index (χ3n) is 9.26. The van der Waals surface area contributed by atoms with E-state index in [2.05, 4.69) is 33.8 Å². The van der Waals surface area contributed by atoms with Crippen LogP contribution < -0.4 is 0 Å². The van der Waals surface area contributed by atoms with Crippen LogP contribution in [-0.2, 0) is 9.47 Å². The lowest BCUT2D eigenvalue weighted by Crippen LogP contribution is -2.52. The van der Waals surface area contributed by atoms with Gasteiger partial charge >= 0.3 is 0 Å². The molecular weight excluding hydrogens is 308 g/mol. The minimum atomic E-state index is -0.280. The number of fused-ring (bicyclic) bond motifs is 5. The first kappa shape index (κ1) is 16.6. The van der Waals surface area contributed by atoms with E-state index in [0.717, 1.165) is 43.8 Å². The van der Waals surface area contributed by atoms with Crippen molar-refractivity contribution in [1.82, 2.24) is 0 Å². The maximum atomic E-state index is 6.09. The van der Waals surface area contributed by atoms with Crippen molar-refractivity contribution in [2.45, 2.75) is 78.4 Å². The van der Waals surface area contributed by atoms with E-state index in [1.165, 1.54) is 32.1 Å². The Hall–Kier alpha value is -0.600. The van der Waals surface area contributed by atoms with Crippen molar-refractivity contribution < 1.29 is 9.47 Å². The molecule has 0 radical (unpaired) electrons. The zero-order valence-electron chi connectivity index (χ0n) is 16.5. The van der Waals surface area contributed by atoms with Gasteiger partial charge in [-0.2, -0.15) is 0 Å². The fourth-order valence-corrected chi connectivity index (χ4v) is 7.57. The fourth-order valence-electron chi connectivity index (χ4n) is 7.57. The van der Waals surface area contributed by atoms with Crippen molar-refractivity contribution in [1.29, 1.82) is 0 Å². The summed E-state index contributed by atoms with van der Waals surface area (Å²) in [7, 11) is 0. The predicted molar refractivity (Wildman–Crippen MR) is 100 cm³/mol. The molecule has 5 rings (SSSR count). The van der Waals surface area contributed by atoms with Crippen molar-refractivity contribution in [2.75, 3.05) is 13.2 Å². The molecule has 0 aromatic carbocycles. The van der Waals surface area contributed by atoms with Gasteiger partial charge in [-0.15, -0.1) is 0 Å². The van der Waals surface area contributed by atoms with E-state index in [0.29, 0.717) is 10.8 Å². The van der Waals surface area contributed by atoms with Gasteiger partial charge in [0.2, 0.25) is 0 Å². The van der Waals surface area contributed by atoms with Crippen LogP contribution in [0.5, 0.6) is 0 Å². The van der Waals surface area contributed by atoms with Gasteiger partial charge in [-0.3, -0.25) is 0 Å². The number of allylic oxidation sites excluding steroid dienone is 3. The van der Waals surface area contributed by atoms with E-state index in [1.54, 1.807) is 16.7 Å². The molecular formula is C23H34O2. The highest BCUT2D eigenvalue weighted by Crippen LogP contribution is 2.66. The fraction of sp³-hybridized carbons (Fsp3) is 0.826. The summed E-state index contributed by atoms with van der Waals surface area (Å²) in [5.74, 6) is 2.33. The van der Waals surface area contributed by atoms with Crippen molar-refractivity contribution in [3.63, 3.8) is 0 Å². The van der Waals surface area contributed by atoms with Gasteiger partial charge in [-0.25, -0.2) is 0 Å². The van der Waals surface area contributed by atoms with Gasteiger partial charge in [0.15, 0.2) is 5.79 Å². The molecule has 0 aromatic heterocycles. The Morgan fingerprint density at radius 3 is 2.48 bits per heavy atom. The maximum Gasteiger partial charge on any atom is 0.172 e. The summed E-state index contributed by atoms with van der Waals surface area (Å²) in [5.41, 5.74) is 5.89. The summed E-state index contributed by atoms with van der Waals surface area (Å²) < 4.78 is 12.2. The quantitative estimate of drug-likeness (QED) is 0.530. The monoisotopic (exact) mass is 342 g/mol. The van der Waals surface area contributed by atoms with E-state index in [-0.39, 0.29) is 5.79 Å². The van der Waals surface area contributed by atoms with Crippen LogP contribution in [-0.4, -0.2) is 19.0 Å². The normalized spacial score (nSPS) is 48.2. The molecule has 0 bridgehead atoms. The van der Waals surface area contributed by atoms with Crippen LogP contribution in [0.1, 0.15) is 72.6 Å². The van der Waals surface area contributed by atoms with Gasteiger partial charge in [-0.05, 0) is 74.5 Å². The molecule has 1 saturated heterocycles. The first-order chi connectivity index (χ1) is 11.9. The molecule has 5 unspecified atom stereocenters. The lowest BCUT2D eigenvalue weighted by molar-refractivity contribution is -0.185. The molecule has 3 fully saturated rings. The highest BCUT2D eigenvalue weighted by molar-refractivity contribution is 5.33. The molecule has 138 valence electrons. The Bertz CT molecular complexity index is 653. The third kappa shape index (κ3) is 2.10. The van der Waals surface area contributed by atoms with Crippen molar-refractivity contribution >= 4 is 0 Å². The standard InChI is InChI=1S/C23H34O2/c1-15-13-17-18-6-5-16(2)21(18,3)8-7-19(17)22(4)9-10-23(14-20(15)22)24-11-12-25-23/h5,17-19H,6-14H2,1-4H3. The van der Waals surface area contributed by atoms with Gasteiger partial charge in [-0.1, -0.05) is 36.6 Å². The molecule has 5 aliphatic rings. The molecule has 1 heterocycles. The Labute approximate surface area is 153 Å². The molecule has 2 heteroatoms. The van der Waals surface area contributed by atoms with Gasteiger partial charge in [0.05, 0.1) is 13.2 Å². The topological polar surface area (TPSA) is 18.5 Å². The summed E-state index contributed by atoms with van der Waals surface area (Å²) in [5, 5.41) is 0. The summed E-state index contributed by atoms with van der Waals surface area (Å²) in [6.45, 7) is 11.5. The van der Waals surface area contributed by atoms with E-state index in [9.17, 15) is 0 Å². The van der Waals surface area contributed by atoms with Crippen LogP contribution in [0.4, 0.5) is 0 Å². The van der Waals surface area contributed by atoms with E-state index >= 15 is 0 Å². The number of rotatable bonds is 0. The summed E-state index contributed by atoms with van der Waals surface area (Å²) in [6, 6.07) is 0. The molecule has 4 aliphatic carbocycles. The molecule has 0 amide bonds. The van der Waals surface area contributed by atoms with Crippen molar-refractivity contribution in [3.8, 4) is 0 Å². The maximum absolute atomic E-state index is 6.09. The largest absolute Gasteiger partial charge is 0.347 e. The predicted octanol–water partition coefficient (Wildman–Crippen LogP) is 5.64. The molecule has 2 saturated carbocycles. The van der Waals surface area contributed by atoms with Crippen LogP contribution in [0.2, 0.25) is 0 Å². The van der Waals surface area contributed by atoms with Crippen LogP contribution >= 0.6 is 0 Å². The van der Waals surface area contributed by atoms with Crippen molar-refractivity contribution in [3.05, 3.63) is 22.8 Å². The molecule has 2 nitrogen and oxygen atoms in total. The Balaban J connectivity index is 1.51. The number of hydrogen-bond acceptors (Lipinski definition) is 2. The second-order valence-electron chi connectivity index (χ2n) is 10.1. The average Bonchev–Trinajstić information content (AvgIpc) is 3.15. The first-order valence-corrected chi connectivity index (χ1v) is 10.5. The van der Waals surface area contributed by atoms with Crippen LogP contribution in [0.15, 0.2) is 22.8 Å². The van der Waals surface area contributed by atoms with Gasteiger partial charge in [0, 0.05) is 12.8 Å². The SMILES string of the molecule is CC1=CCC2C3CC(C)=C4CC5(CCC4(C)C3CCC12C)OCCO5. The van der Waals surface area contributed by atoms with Gasteiger partial charge in [0.25, 0.3) is 0 Å². The van der Waals surface area contributed by atoms with Crippen LogP contribution in [0, 0.1) is 28.6 Å². The highest BCUT2D eigenvalue weighted by atomic mass is 16.7. The lowest BCUT2D eigenvalue weighted by Gasteiger charge is -2.59. The molecule has 0 N–H and O–H groups in total. The minimum Gasteiger partial charge on any atom is -0.347 e.